The highest BCUT2D eigenvalue weighted by atomic mass is 32.1. The number of nitrogens with zero attached hydrogens (tertiary/aromatic N) is 5. The van der Waals surface area contributed by atoms with Crippen molar-refractivity contribution < 1.29 is 14.3 Å². The maximum atomic E-state index is 13.8. The van der Waals surface area contributed by atoms with Gasteiger partial charge in [0.2, 0.25) is 0 Å². The van der Waals surface area contributed by atoms with E-state index in [1.807, 2.05) is 117 Å². The third-order valence-electron chi connectivity index (χ3n) is 8.96. The molecule has 0 fully saturated rings. The molecule has 0 aliphatic carbocycles. The fourth-order valence-electron chi connectivity index (χ4n) is 6.56. The molecule has 1 aliphatic heterocycles. The number of rotatable bonds is 7. The number of fused-ring (bicyclic) bond motifs is 3. The van der Waals surface area contributed by atoms with Gasteiger partial charge in [0.25, 0.3) is 5.91 Å². The molecule has 0 unspecified atom stereocenters. The largest absolute Gasteiger partial charge is 0.455 e. The van der Waals surface area contributed by atoms with E-state index in [0.717, 1.165) is 44.2 Å². The molecule has 0 saturated carbocycles. The fraction of sp³-hybridized carbons (Fsp3) is 0.195. The number of benzene rings is 4. The smallest absolute Gasteiger partial charge is 0.358 e. The van der Waals surface area contributed by atoms with E-state index in [9.17, 15) is 9.59 Å². The summed E-state index contributed by atoms with van der Waals surface area (Å²) in [5.41, 5.74) is 6.74. The van der Waals surface area contributed by atoms with Gasteiger partial charge in [0.15, 0.2) is 10.8 Å². The highest BCUT2D eigenvalue weighted by Gasteiger charge is 2.27. The molecular weight excluding hydrogens is 657 g/mol. The normalized spacial score (nSPS) is 13.0. The van der Waals surface area contributed by atoms with Gasteiger partial charge in [0.1, 0.15) is 11.4 Å². The van der Waals surface area contributed by atoms with Crippen molar-refractivity contribution in [3.05, 3.63) is 137 Å². The molecule has 51 heavy (non-hydrogen) atoms. The Morgan fingerprint density at radius 3 is 2.55 bits per heavy atom. The summed E-state index contributed by atoms with van der Waals surface area (Å²) >= 11 is 1.45. The van der Waals surface area contributed by atoms with Gasteiger partial charge < -0.3 is 9.64 Å². The fourth-order valence-corrected chi connectivity index (χ4v) is 7.42. The van der Waals surface area contributed by atoms with E-state index >= 15 is 0 Å². The van der Waals surface area contributed by atoms with Crippen molar-refractivity contribution in [1.82, 2.24) is 19.7 Å². The zero-order valence-electron chi connectivity index (χ0n) is 28.6. The first kappa shape index (κ1) is 32.3. The predicted octanol–water partition coefficient (Wildman–Crippen LogP) is 8.53. The van der Waals surface area contributed by atoms with Crippen LogP contribution in [-0.4, -0.2) is 43.8 Å². The number of hydrogen-bond acceptors (Lipinski definition) is 8. The first-order valence-electron chi connectivity index (χ1n) is 17.0. The van der Waals surface area contributed by atoms with Crippen LogP contribution in [0.4, 0.5) is 10.9 Å². The number of esters is 1. The van der Waals surface area contributed by atoms with E-state index in [0.29, 0.717) is 41.7 Å². The molecule has 1 aliphatic rings. The van der Waals surface area contributed by atoms with Gasteiger partial charge >= 0.3 is 5.97 Å². The molecule has 4 aromatic carbocycles. The summed E-state index contributed by atoms with van der Waals surface area (Å²) in [6.07, 6.45) is 2.58. The van der Waals surface area contributed by atoms with Crippen LogP contribution in [0.1, 0.15) is 58.3 Å². The van der Waals surface area contributed by atoms with Crippen LogP contribution in [0.3, 0.4) is 0 Å². The van der Waals surface area contributed by atoms with Crippen molar-refractivity contribution in [2.24, 2.45) is 0 Å². The summed E-state index contributed by atoms with van der Waals surface area (Å²) in [5, 5.41) is 9.19. The Morgan fingerprint density at radius 1 is 0.902 bits per heavy atom. The second-order valence-corrected chi connectivity index (χ2v) is 14.7. The Morgan fingerprint density at radius 2 is 1.73 bits per heavy atom. The van der Waals surface area contributed by atoms with E-state index in [-0.39, 0.29) is 11.6 Å². The second-order valence-electron chi connectivity index (χ2n) is 13.7. The third kappa shape index (κ3) is 6.70. The number of hydrogen-bond donors (Lipinski definition) is 1. The highest BCUT2D eigenvalue weighted by Crippen LogP contribution is 2.33. The van der Waals surface area contributed by atoms with E-state index in [1.54, 1.807) is 0 Å². The van der Waals surface area contributed by atoms with Crippen LogP contribution in [-0.2, 0) is 24.2 Å². The van der Waals surface area contributed by atoms with Gasteiger partial charge in [-0.05, 0) is 91.9 Å². The van der Waals surface area contributed by atoms with Crippen molar-refractivity contribution >= 4 is 55.3 Å². The van der Waals surface area contributed by atoms with Crippen molar-refractivity contribution in [1.29, 1.82) is 0 Å². The van der Waals surface area contributed by atoms with Crippen LogP contribution in [0.5, 0.6) is 0 Å². The number of pyridine rings is 1. The SMILES string of the molecule is CC(C)(C)OC(=O)c1nc(N2CCc3cccc(C(=O)Nc4nc5ccccc5s4)c3C2)ccc1-c1ccc2c(cnn2Cc2ccccc2)c1. The maximum Gasteiger partial charge on any atom is 0.358 e. The van der Waals surface area contributed by atoms with Crippen LogP contribution < -0.4 is 10.2 Å². The van der Waals surface area contributed by atoms with Crippen molar-refractivity contribution in [2.45, 2.75) is 45.9 Å². The Balaban J connectivity index is 1.10. The molecule has 0 saturated heterocycles. The van der Waals surface area contributed by atoms with Gasteiger partial charge in [-0.2, -0.15) is 5.10 Å². The molecule has 254 valence electrons. The Labute approximate surface area is 299 Å². The lowest BCUT2D eigenvalue weighted by Gasteiger charge is -2.31. The summed E-state index contributed by atoms with van der Waals surface area (Å²) in [4.78, 5) is 39.1. The summed E-state index contributed by atoms with van der Waals surface area (Å²) < 4.78 is 8.87. The molecule has 4 heterocycles. The number of aromatic nitrogens is 4. The van der Waals surface area contributed by atoms with E-state index in [2.05, 4.69) is 38.5 Å². The maximum absolute atomic E-state index is 13.8. The zero-order valence-corrected chi connectivity index (χ0v) is 29.4. The Hall–Kier alpha value is -5.87. The standard InChI is InChI=1S/C41H36N6O3S/c1-41(2,3)50-39(49)37-30(28-16-18-34-29(22-28)23-42-47(34)24-26-10-5-4-6-11-26)17-19-36(44-37)46-21-20-27-12-9-13-31(32(27)25-46)38(48)45-40-43-33-14-7-8-15-35(33)51-40/h4-19,22-23H,20-21,24-25H2,1-3H3,(H,43,45,48). The highest BCUT2D eigenvalue weighted by molar-refractivity contribution is 7.22. The van der Waals surface area contributed by atoms with Crippen LogP contribution in [0.25, 0.3) is 32.2 Å². The van der Waals surface area contributed by atoms with Crippen molar-refractivity contribution in [3.63, 3.8) is 0 Å². The summed E-state index contributed by atoms with van der Waals surface area (Å²) in [5.74, 6) is -0.0519. The van der Waals surface area contributed by atoms with E-state index in [4.69, 9.17) is 9.72 Å². The lowest BCUT2D eigenvalue weighted by atomic mass is 9.94. The van der Waals surface area contributed by atoms with E-state index in [1.165, 1.54) is 16.9 Å². The number of nitrogens with one attached hydrogen (secondary N) is 1. The van der Waals surface area contributed by atoms with Crippen LogP contribution in [0.15, 0.2) is 109 Å². The number of thiazole rings is 1. The number of carbonyl (C=O) groups excluding carboxylic acids is 2. The van der Waals surface area contributed by atoms with E-state index < -0.39 is 11.6 Å². The number of para-hydroxylation sites is 1. The van der Waals surface area contributed by atoms with Crippen molar-refractivity contribution in [3.8, 4) is 11.1 Å². The van der Waals surface area contributed by atoms with Crippen LogP contribution in [0.2, 0.25) is 0 Å². The number of amides is 1. The van der Waals surface area contributed by atoms with Gasteiger partial charge in [-0.3, -0.25) is 14.8 Å². The average Bonchev–Trinajstić information content (AvgIpc) is 3.73. The second kappa shape index (κ2) is 13.1. The van der Waals surface area contributed by atoms with Gasteiger partial charge in [0.05, 0.1) is 28.5 Å². The molecule has 7 aromatic rings. The average molecular weight is 693 g/mol. The molecule has 10 heteroatoms. The summed E-state index contributed by atoms with van der Waals surface area (Å²) in [6.45, 7) is 7.36. The molecule has 9 nitrogen and oxygen atoms in total. The molecule has 1 N–H and O–H groups in total. The first-order chi connectivity index (χ1) is 24.7. The molecular formula is C41H36N6O3S. The summed E-state index contributed by atoms with van der Waals surface area (Å²) in [6, 6.07) is 33.9. The third-order valence-corrected chi connectivity index (χ3v) is 9.91. The van der Waals surface area contributed by atoms with Gasteiger partial charge in [-0.15, -0.1) is 0 Å². The van der Waals surface area contributed by atoms with Crippen LogP contribution >= 0.6 is 11.3 Å². The molecule has 8 rings (SSSR count). The number of ether oxygens (including phenoxy) is 1. The minimum Gasteiger partial charge on any atom is -0.455 e. The molecule has 0 radical (unpaired) electrons. The quantitative estimate of drug-likeness (QED) is 0.167. The van der Waals surface area contributed by atoms with Crippen molar-refractivity contribution in [2.75, 3.05) is 16.8 Å². The number of anilines is 2. The minimum absolute atomic E-state index is 0.201. The lowest BCUT2D eigenvalue weighted by molar-refractivity contribution is 0.00638. The predicted molar refractivity (Wildman–Crippen MR) is 202 cm³/mol. The molecule has 0 bridgehead atoms. The van der Waals surface area contributed by atoms with Gasteiger partial charge in [-0.25, -0.2) is 14.8 Å². The molecule has 1 amide bonds. The van der Waals surface area contributed by atoms with Gasteiger partial charge in [-0.1, -0.05) is 72.0 Å². The Kier molecular flexibility index (Phi) is 8.31. The monoisotopic (exact) mass is 692 g/mol. The molecule has 0 atom stereocenters. The first-order valence-corrected chi connectivity index (χ1v) is 17.8. The topological polar surface area (TPSA) is 102 Å². The summed E-state index contributed by atoms with van der Waals surface area (Å²) in [7, 11) is 0. The molecule has 0 spiro atoms. The lowest BCUT2D eigenvalue weighted by Crippen LogP contribution is -2.33. The molecule has 3 aromatic heterocycles. The van der Waals surface area contributed by atoms with Gasteiger partial charge in [0, 0.05) is 29.6 Å². The van der Waals surface area contributed by atoms with Crippen LogP contribution in [0, 0.1) is 0 Å². The minimum atomic E-state index is -0.704. The zero-order chi connectivity index (χ0) is 35.1. The number of carbonyl (C=O) groups is 2. The Bertz CT molecular complexity index is 2400.